The van der Waals surface area contributed by atoms with Crippen molar-refractivity contribution in [1.29, 1.82) is 5.26 Å². The quantitative estimate of drug-likeness (QED) is 0.165. The van der Waals surface area contributed by atoms with Gasteiger partial charge in [0.1, 0.15) is 23.1 Å². The summed E-state index contributed by atoms with van der Waals surface area (Å²) < 4.78 is 2.91. The first kappa shape index (κ1) is 32.1. The van der Waals surface area contributed by atoms with E-state index < -0.39 is 0 Å². The van der Waals surface area contributed by atoms with E-state index in [1.165, 1.54) is 22.3 Å². The number of rotatable bonds is 6. The molecule has 0 N–H and O–H groups in total. The van der Waals surface area contributed by atoms with Gasteiger partial charge in [0.2, 0.25) is 0 Å². The van der Waals surface area contributed by atoms with Crippen molar-refractivity contribution in [1.82, 2.24) is 19.7 Å². The summed E-state index contributed by atoms with van der Waals surface area (Å²) in [6, 6.07) is 23.1. The Hall–Kier alpha value is -5.46. The Balaban J connectivity index is 1.32. The summed E-state index contributed by atoms with van der Waals surface area (Å²) in [5.41, 5.74) is 12.5. The van der Waals surface area contributed by atoms with Gasteiger partial charge < -0.3 is 0 Å². The molecule has 0 atom stereocenters. The number of azo groups is 1. The maximum atomic E-state index is 10.3. The van der Waals surface area contributed by atoms with E-state index in [4.69, 9.17) is 25.3 Å². The molecular weight excluding hydrogens is 625 g/mol. The molecule has 0 radical (unpaired) electrons. The maximum Gasteiger partial charge on any atom is 0.196 e. The van der Waals surface area contributed by atoms with Crippen molar-refractivity contribution in [3.63, 3.8) is 0 Å². The van der Waals surface area contributed by atoms with Crippen LogP contribution in [0.5, 0.6) is 0 Å². The van der Waals surface area contributed by atoms with E-state index in [2.05, 4.69) is 89.8 Å². The molecule has 0 bridgehead atoms. The summed E-state index contributed by atoms with van der Waals surface area (Å²) in [5.74, 6) is 1.17. The fraction of sp³-hybridized carbons (Fsp3) is 0.250. The van der Waals surface area contributed by atoms with E-state index in [-0.39, 0.29) is 5.41 Å². The first-order valence-corrected chi connectivity index (χ1v) is 17.2. The summed E-state index contributed by atoms with van der Waals surface area (Å²) in [4.78, 5) is 12.2. The van der Waals surface area contributed by atoms with Crippen LogP contribution in [0.4, 0.5) is 28.1 Å². The second-order valence-corrected chi connectivity index (χ2v) is 14.8. The largest absolute Gasteiger partial charge is 0.270 e. The lowest BCUT2D eigenvalue weighted by Crippen LogP contribution is -2.15. The Morgan fingerprint density at radius 1 is 0.898 bits per heavy atom. The number of nitriles is 1. The van der Waals surface area contributed by atoms with E-state index >= 15 is 0 Å². The highest BCUT2D eigenvalue weighted by atomic mass is 32.1. The van der Waals surface area contributed by atoms with Gasteiger partial charge in [0.05, 0.1) is 27.8 Å². The molecule has 1 aliphatic carbocycles. The summed E-state index contributed by atoms with van der Waals surface area (Å²) in [6.45, 7) is 16.8. The van der Waals surface area contributed by atoms with Gasteiger partial charge in [-0.1, -0.05) is 74.6 Å². The van der Waals surface area contributed by atoms with Gasteiger partial charge in [-0.2, -0.15) is 10.4 Å². The molecule has 0 fully saturated rings. The van der Waals surface area contributed by atoms with Gasteiger partial charge in [-0.25, -0.2) is 14.6 Å². The van der Waals surface area contributed by atoms with Crippen LogP contribution in [0.25, 0.3) is 22.0 Å². The van der Waals surface area contributed by atoms with Crippen molar-refractivity contribution in [3.8, 4) is 6.07 Å². The molecule has 0 saturated carbocycles. The minimum Gasteiger partial charge on any atom is -0.270 e. The molecule has 7 rings (SSSR count). The predicted octanol–water partition coefficient (Wildman–Crippen LogP) is 11.0. The number of nitrogens with zero attached hydrogens (tertiary/aromatic N) is 8. The molecule has 0 saturated heterocycles. The van der Waals surface area contributed by atoms with Crippen molar-refractivity contribution < 1.29 is 0 Å². The zero-order chi connectivity index (χ0) is 34.6. The maximum absolute atomic E-state index is 10.3. The molecule has 1 aliphatic rings. The number of anilines is 3. The van der Waals surface area contributed by atoms with Crippen molar-refractivity contribution in [2.75, 3.05) is 4.90 Å². The molecule has 8 nitrogen and oxygen atoms in total. The normalized spacial score (nSPS) is 12.8. The fourth-order valence-corrected chi connectivity index (χ4v) is 7.45. The third-order valence-electron chi connectivity index (χ3n) is 9.27. The van der Waals surface area contributed by atoms with E-state index in [1.807, 2.05) is 43.3 Å². The average molecular weight is 663 g/mol. The average Bonchev–Trinajstić information content (AvgIpc) is 3.79. The highest BCUT2D eigenvalue weighted by Gasteiger charge is 2.30. The molecule has 6 aromatic rings. The highest BCUT2D eigenvalue weighted by molar-refractivity contribution is 7.22. The van der Waals surface area contributed by atoms with Crippen LogP contribution >= 0.6 is 11.3 Å². The Morgan fingerprint density at radius 2 is 1.65 bits per heavy atom. The van der Waals surface area contributed by atoms with Crippen LogP contribution in [-0.2, 0) is 11.8 Å². The van der Waals surface area contributed by atoms with Gasteiger partial charge in [-0.3, -0.25) is 4.90 Å². The Labute approximate surface area is 291 Å². The number of hydrogen-bond acceptors (Lipinski definition) is 8. The predicted molar refractivity (Wildman–Crippen MR) is 200 cm³/mol. The zero-order valence-corrected chi connectivity index (χ0v) is 29.9. The first-order chi connectivity index (χ1) is 23.4. The van der Waals surface area contributed by atoms with Crippen LogP contribution in [0, 0.1) is 45.9 Å². The van der Waals surface area contributed by atoms with E-state index in [0.717, 1.165) is 49.2 Å². The van der Waals surface area contributed by atoms with Gasteiger partial charge in [-0.05, 0) is 97.8 Å². The summed E-state index contributed by atoms with van der Waals surface area (Å²) in [5, 5.41) is 25.6. The number of thiazole rings is 1. The summed E-state index contributed by atoms with van der Waals surface area (Å²) in [7, 11) is 0. The van der Waals surface area contributed by atoms with Crippen molar-refractivity contribution in [2.24, 2.45) is 10.2 Å². The number of allylic oxidation sites excluding steroid dienone is 1. The molecule has 0 unspecified atom stereocenters. The second-order valence-electron chi connectivity index (χ2n) is 13.8. The smallest absolute Gasteiger partial charge is 0.196 e. The number of fused-ring (bicyclic) bond motifs is 2. The van der Waals surface area contributed by atoms with Crippen LogP contribution in [0.2, 0.25) is 0 Å². The lowest BCUT2D eigenvalue weighted by molar-refractivity contribution is 0.559. The van der Waals surface area contributed by atoms with Crippen molar-refractivity contribution in [3.05, 3.63) is 117 Å². The number of hydrogen-bond donors (Lipinski definition) is 0. The molecule has 0 amide bonds. The zero-order valence-electron chi connectivity index (χ0n) is 29.1. The first-order valence-electron chi connectivity index (χ1n) is 16.4. The van der Waals surface area contributed by atoms with E-state index in [9.17, 15) is 5.26 Å². The molecule has 0 spiro atoms. The third-order valence-corrected chi connectivity index (χ3v) is 10.3. The lowest BCUT2D eigenvalue weighted by Gasteiger charge is -2.27. The molecule has 9 heteroatoms. The topological polar surface area (TPSA) is 95.3 Å². The Morgan fingerprint density at radius 3 is 2.37 bits per heavy atom. The van der Waals surface area contributed by atoms with Gasteiger partial charge in [0, 0.05) is 17.5 Å². The van der Waals surface area contributed by atoms with Crippen molar-refractivity contribution in [2.45, 2.75) is 67.2 Å². The van der Waals surface area contributed by atoms with E-state index in [1.54, 1.807) is 22.2 Å². The molecular formula is C40H38N8S. The van der Waals surface area contributed by atoms with Gasteiger partial charge >= 0.3 is 0 Å². The number of pyridine rings is 1. The fourth-order valence-electron chi connectivity index (χ4n) is 6.47. The Kier molecular flexibility index (Phi) is 8.00. The standard InChI is InChI=1S/C40H38N8S/c1-23-17-25(3)36(27(5)26(23)4)47(39-43-32-15-11-12-16-34(32)49-39)35-18-24(2)33(22-42-35)44-45-38-31(21-41)37(40(6,7)8)46-48(38)30-19-28-13-9-10-14-29(28)20-30/h9-19,22H,20H2,1-8H3/b45-44+. The minimum atomic E-state index is -0.361. The molecule has 3 aromatic heterocycles. The van der Waals surface area contributed by atoms with Crippen LogP contribution in [0.15, 0.2) is 77.1 Å². The number of para-hydroxylation sites is 1. The molecule has 49 heavy (non-hydrogen) atoms. The molecule has 0 aliphatic heterocycles. The van der Waals surface area contributed by atoms with Gasteiger partial charge in [0.15, 0.2) is 10.9 Å². The number of aryl methyl sites for hydroxylation is 3. The van der Waals surface area contributed by atoms with E-state index in [0.29, 0.717) is 29.2 Å². The monoisotopic (exact) mass is 662 g/mol. The number of aromatic nitrogens is 4. The third kappa shape index (κ3) is 5.72. The molecule has 3 heterocycles. The highest BCUT2D eigenvalue weighted by Crippen LogP contribution is 2.44. The Bertz CT molecular complexity index is 2350. The second kappa shape index (κ2) is 12.2. The minimum absolute atomic E-state index is 0.361. The van der Waals surface area contributed by atoms with Crippen LogP contribution in [0.3, 0.4) is 0 Å². The molecule has 3 aromatic carbocycles. The molecule has 244 valence electrons. The van der Waals surface area contributed by atoms with Gasteiger partial charge in [-0.15, -0.1) is 10.2 Å². The summed E-state index contributed by atoms with van der Waals surface area (Å²) in [6.07, 6.45) is 4.56. The van der Waals surface area contributed by atoms with Crippen LogP contribution < -0.4 is 4.90 Å². The SMILES string of the molecule is Cc1cc(N(c2nc3ccccc3s2)c2c(C)cc(C)c(C)c2C)ncc1/N=N/c1c(C#N)c(C(C)(C)C)nn1C1=Cc2ccccc2C1. The van der Waals surface area contributed by atoms with Crippen LogP contribution in [0.1, 0.15) is 71.0 Å². The van der Waals surface area contributed by atoms with Crippen molar-refractivity contribution >= 4 is 61.5 Å². The summed E-state index contributed by atoms with van der Waals surface area (Å²) >= 11 is 1.64. The number of benzene rings is 3. The van der Waals surface area contributed by atoms with Crippen LogP contribution in [-0.4, -0.2) is 19.7 Å². The van der Waals surface area contributed by atoms with Gasteiger partial charge in [0.25, 0.3) is 0 Å². The lowest BCUT2D eigenvalue weighted by atomic mass is 9.90.